The highest BCUT2D eigenvalue weighted by molar-refractivity contribution is 7.80. The Labute approximate surface area is 198 Å². The zero-order valence-electron chi connectivity index (χ0n) is 17.4. The van der Waals surface area contributed by atoms with E-state index in [2.05, 4.69) is 51.4 Å². The highest BCUT2D eigenvalue weighted by Crippen LogP contribution is 2.26. The van der Waals surface area contributed by atoms with E-state index in [1.807, 2.05) is 35.3 Å². The number of aromatic nitrogens is 2. The number of piperazine rings is 1. The average molecular weight is 474 g/mol. The Morgan fingerprint density at radius 2 is 1.71 bits per heavy atom. The Morgan fingerprint density at radius 3 is 2.42 bits per heavy atom. The van der Waals surface area contributed by atoms with E-state index in [-0.39, 0.29) is 0 Å². The molecule has 0 aliphatic carbocycles. The molecule has 1 N–H and O–H groups in total. The van der Waals surface area contributed by atoms with E-state index in [4.69, 9.17) is 35.4 Å². The van der Waals surface area contributed by atoms with Crippen molar-refractivity contribution in [1.29, 1.82) is 0 Å². The van der Waals surface area contributed by atoms with E-state index in [0.717, 1.165) is 65.7 Å². The van der Waals surface area contributed by atoms with Crippen LogP contribution in [0.3, 0.4) is 0 Å². The predicted octanol–water partition coefficient (Wildman–Crippen LogP) is 5.06. The summed E-state index contributed by atoms with van der Waals surface area (Å²) in [6.07, 6.45) is 3.81. The number of nitrogens with zero attached hydrogens (tertiary/aromatic N) is 4. The van der Waals surface area contributed by atoms with Crippen molar-refractivity contribution in [2.45, 2.75) is 20.0 Å². The molecule has 5 nitrogen and oxygen atoms in total. The Bertz CT molecular complexity index is 1040. The van der Waals surface area contributed by atoms with Crippen molar-refractivity contribution in [3.8, 4) is 0 Å². The van der Waals surface area contributed by atoms with Gasteiger partial charge in [-0.05, 0) is 42.4 Å². The van der Waals surface area contributed by atoms with Gasteiger partial charge in [-0.15, -0.1) is 0 Å². The molecule has 162 valence electrons. The van der Waals surface area contributed by atoms with Crippen molar-refractivity contribution in [1.82, 2.24) is 19.6 Å². The summed E-state index contributed by atoms with van der Waals surface area (Å²) < 4.78 is 1.93. The highest BCUT2D eigenvalue weighted by Gasteiger charge is 2.21. The quantitative estimate of drug-likeness (QED) is 0.523. The van der Waals surface area contributed by atoms with Gasteiger partial charge in [0.15, 0.2) is 5.11 Å². The van der Waals surface area contributed by atoms with Gasteiger partial charge < -0.3 is 10.2 Å². The number of anilines is 1. The van der Waals surface area contributed by atoms with E-state index in [9.17, 15) is 0 Å². The summed E-state index contributed by atoms with van der Waals surface area (Å²) in [5, 5.41) is 9.96. The molecular weight excluding hydrogens is 449 g/mol. The third kappa shape index (κ3) is 5.57. The molecule has 0 atom stereocenters. The summed E-state index contributed by atoms with van der Waals surface area (Å²) >= 11 is 18.3. The van der Waals surface area contributed by atoms with Gasteiger partial charge in [-0.1, -0.05) is 53.5 Å². The molecule has 0 radical (unpaired) electrons. The molecule has 31 heavy (non-hydrogen) atoms. The molecule has 1 fully saturated rings. The first-order valence-corrected chi connectivity index (χ1v) is 11.4. The molecule has 0 spiro atoms. The molecule has 0 amide bonds. The van der Waals surface area contributed by atoms with Crippen LogP contribution < -0.4 is 5.32 Å². The molecule has 0 unspecified atom stereocenters. The molecule has 4 rings (SSSR count). The van der Waals surface area contributed by atoms with Crippen LogP contribution in [0.2, 0.25) is 10.0 Å². The van der Waals surface area contributed by atoms with Crippen LogP contribution in [0.5, 0.6) is 0 Å². The number of hydrogen-bond donors (Lipinski definition) is 1. The van der Waals surface area contributed by atoms with Gasteiger partial charge in [0.25, 0.3) is 0 Å². The summed E-state index contributed by atoms with van der Waals surface area (Å²) in [5.74, 6) is 0. The molecule has 1 aromatic heterocycles. The smallest absolute Gasteiger partial charge is 0.173 e. The summed E-state index contributed by atoms with van der Waals surface area (Å²) in [7, 11) is 0. The fourth-order valence-electron chi connectivity index (χ4n) is 3.70. The maximum absolute atomic E-state index is 6.32. The van der Waals surface area contributed by atoms with Crippen molar-refractivity contribution in [3.05, 3.63) is 81.6 Å². The number of thiocarbonyl (C=S) groups is 1. The summed E-state index contributed by atoms with van der Waals surface area (Å²) in [5.41, 5.74) is 4.42. The number of rotatable bonds is 5. The lowest BCUT2D eigenvalue weighted by Gasteiger charge is -2.36. The van der Waals surface area contributed by atoms with Crippen LogP contribution in [0.25, 0.3) is 0 Å². The van der Waals surface area contributed by atoms with E-state index >= 15 is 0 Å². The van der Waals surface area contributed by atoms with Gasteiger partial charge in [-0.2, -0.15) is 5.10 Å². The van der Waals surface area contributed by atoms with Crippen molar-refractivity contribution < 1.29 is 0 Å². The minimum Gasteiger partial charge on any atom is -0.346 e. The number of benzene rings is 2. The minimum atomic E-state index is 0.717. The van der Waals surface area contributed by atoms with Crippen LogP contribution in [0.15, 0.2) is 54.9 Å². The molecule has 8 heteroatoms. The van der Waals surface area contributed by atoms with Gasteiger partial charge in [-0.25, -0.2) is 0 Å². The van der Waals surface area contributed by atoms with Crippen LogP contribution in [0.1, 0.15) is 16.7 Å². The lowest BCUT2D eigenvalue weighted by Crippen LogP contribution is -2.49. The normalized spacial score (nSPS) is 14.6. The second-order valence-corrected chi connectivity index (χ2v) is 8.95. The zero-order chi connectivity index (χ0) is 21.8. The molecule has 0 bridgehead atoms. The Morgan fingerprint density at radius 1 is 1.00 bits per heavy atom. The van der Waals surface area contributed by atoms with Gasteiger partial charge in [0, 0.05) is 54.5 Å². The third-order valence-corrected chi connectivity index (χ3v) is 6.65. The van der Waals surface area contributed by atoms with E-state index in [1.54, 1.807) is 0 Å². The number of halogens is 2. The second kappa shape index (κ2) is 10.0. The molecular formula is C23H25Cl2N5S. The molecule has 2 aromatic carbocycles. The maximum Gasteiger partial charge on any atom is 0.173 e. The lowest BCUT2D eigenvalue weighted by atomic mass is 10.1. The third-order valence-electron chi connectivity index (χ3n) is 5.58. The molecule has 1 saturated heterocycles. The fraction of sp³-hybridized carbons (Fsp3) is 0.304. The van der Waals surface area contributed by atoms with E-state index < -0.39 is 0 Å². The zero-order valence-corrected chi connectivity index (χ0v) is 19.7. The highest BCUT2D eigenvalue weighted by atomic mass is 35.5. The predicted molar refractivity (Wildman–Crippen MR) is 132 cm³/mol. The lowest BCUT2D eigenvalue weighted by molar-refractivity contribution is 0.177. The first-order valence-electron chi connectivity index (χ1n) is 10.3. The SMILES string of the molecule is Cc1ccccc1Cn1cc(NC(=S)N2CCN(Cc3c(Cl)cccc3Cl)CC2)cn1. The molecule has 0 saturated carbocycles. The van der Waals surface area contributed by atoms with Crippen LogP contribution in [0, 0.1) is 6.92 Å². The number of aryl methyl sites for hydroxylation is 1. The van der Waals surface area contributed by atoms with Gasteiger partial charge in [-0.3, -0.25) is 9.58 Å². The van der Waals surface area contributed by atoms with Crippen LogP contribution in [-0.4, -0.2) is 50.9 Å². The van der Waals surface area contributed by atoms with E-state index in [1.165, 1.54) is 11.1 Å². The molecule has 2 heterocycles. The van der Waals surface area contributed by atoms with Crippen molar-refractivity contribution in [3.63, 3.8) is 0 Å². The molecule has 1 aliphatic rings. The summed E-state index contributed by atoms with van der Waals surface area (Å²) in [6.45, 7) is 7.11. The first kappa shape index (κ1) is 22.1. The Hall–Kier alpha value is -2.12. The van der Waals surface area contributed by atoms with Crippen LogP contribution >= 0.6 is 35.4 Å². The Balaban J connectivity index is 1.29. The van der Waals surface area contributed by atoms with Gasteiger partial charge in [0.2, 0.25) is 0 Å². The standard InChI is InChI=1S/C23H25Cl2N5S/c1-17-5-2-3-6-18(17)14-30-15-19(13-26-30)27-23(31)29-11-9-28(10-12-29)16-20-21(24)7-4-8-22(20)25/h2-8,13,15H,9-12,14,16H2,1H3,(H,27,31). The van der Waals surface area contributed by atoms with Crippen molar-refractivity contribution in [2.75, 3.05) is 31.5 Å². The Kier molecular flexibility index (Phi) is 7.13. The molecule has 3 aromatic rings. The van der Waals surface area contributed by atoms with Gasteiger partial charge in [0.05, 0.1) is 18.4 Å². The maximum atomic E-state index is 6.32. The summed E-state index contributed by atoms with van der Waals surface area (Å²) in [6, 6.07) is 14.0. The van der Waals surface area contributed by atoms with Crippen molar-refractivity contribution in [2.24, 2.45) is 0 Å². The topological polar surface area (TPSA) is 36.3 Å². The van der Waals surface area contributed by atoms with Gasteiger partial charge in [0.1, 0.15) is 0 Å². The van der Waals surface area contributed by atoms with Crippen LogP contribution in [0.4, 0.5) is 5.69 Å². The van der Waals surface area contributed by atoms with Gasteiger partial charge >= 0.3 is 0 Å². The minimum absolute atomic E-state index is 0.717. The molecule has 1 aliphatic heterocycles. The number of hydrogen-bond acceptors (Lipinski definition) is 3. The number of nitrogens with one attached hydrogen (secondary N) is 1. The van der Waals surface area contributed by atoms with Crippen molar-refractivity contribution >= 4 is 46.2 Å². The van der Waals surface area contributed by atoms with Crippen LogP contribution in [-0.2, 0) is 13.1 Å². The second-order valence-electron chi connectivity index (χ2n) is 7.75. The fourth-order valence-corrected chi connectivity index (χ4v) is 4.51. The first-order chi connectivity index (χ1) is 15.0. The average Bonchev–Trinajstić information content (AvgIpc) is 3.20. The largest absolute Gasteiger partial charge is 0.346 e. The van der Waals surface area contributed by atoms with E-state index in [0.29, 0.717) is 0 Å². The monoisotopic (exact) mass is 473 g/mol. The summed E-state index contributed by atoms with van der Waals surface area (Å²) in [4.78, 5) is 4.55.